The minimum atomic E-state index is 0.592. The van der Waals surface area contributed by atoms with E-state index in [1.807, 2.05) is 54.7 Å². The number of benzene rings is 1. The Balaban J connectivity index is 1.77. The average molecular weight is 288 g/mol. The summed E-state index contributed by atoms with van der Waals surface area (Å²) in [6.07, 6.45) is 3.61. The van der Waals surface area contributed by atoms with E-state index in [4.69, 9.17) is 0 Å². The lowest BCUT2D eigenvalue weighted by molar-refractivity contribution is 1.06. The van der Waals surface area contributed by atoms with Gasteiger partial charge in [-0.1, -0.05) is 30.3 Å². The summed E-state index contributed by atoms with van der Waals surface area (Å²) in [5, 5.41) is 16.2. The molecule has 0 saturated carbocycles. The predicted molar refractivity (Wildman–Crippen MR) is 84.3 cm³/mol. The third-order valence-corrected chi connectivity index (χ3v) is 3.34. The molecule has 106 valence electrons. The van der Waals surface area contributed by atoms with Gasteiger partial charge >= 0.3 is 0 Å². The molecule has 4 aromatic rings. The van der Waals surface area contributed by atoms with Crippen LogP contribution in [-0.4, -0.2) is 20.2 Å². The van der Waals surface area contributed by atoms with Crippen LogP contribution in [0.5, 0.6) is 0 Å². The zero-order chi connectivity index (χ0) is 14.8. The summed E-state index contributed by atoms with van der Waals surface area (Å²) in [7, 11) is 0. The maximum atomic E-state index is 4.37. The number of nitrogens with one attached hydrogen (secondary N) is 2. The summed E-state index contributed by atoms with van der Waals surface area (Å²) in [6, 6.07) is 15.8. The van der Waals surface area contributed by atoms with Crippen molar-refractivity contribution in [2.24, 2.45) is 10.2 Å². The Kier molecular flexibility index (Phi) is 2.97. The largest absolute Gasteiger partial charge is 0.345 e. The number of azo groups is 1. The number of rotatable bonds is 3. The van der Waals surface area contributed by atoms with Crippen molar-refractivity contribution in [1.82, 2.24) is 20.2 Å². The van der Waals surface area contributed by atoms with Crippen molar-refractivity contribution in [3.8, 4) is 11.1 Å². The minimum absolute atomic E-state index is 0.592. The Hall–Kier alpha value is -3.28. The SMILES string of the molecule is c1ccc(-c2cnc3n[nH]c(/N=N/c4ccc[nH]4)c3c2)cc1. The molecule has 1 aromatic carbocycles. The zero-order valence-corrected chi connectivity index (χ0v) is 11.6. The molecule has 2 N–H and O–H groups in total. The number of pyridine rings is 1. The van der Waals surface area contributed by atoms with E-state index in [9.17, 15) is 0 Å². The zero-order valence-electron chi connectivity index (χ0n) is 11.6. The second-order valence-corrected chi connectivity index (χ2v) is 4.79. The second-order valence-electron chi connectivity index (χ2n) is 4.79. The predicted octanol–water partition coefficient (Wildman–Crippen LogP) is 4.37. The van der Waals surface area contributed by atoms with Gasteiger partial charge in [-0.2, -0.15) is 5.10 Å². The summed E-state index contributed by atoms with van der Waals surface area (Å²) in [6.45, 7) is 0. The van der Waals surface area contributed by atoms with Crippen LogP contribution < -0.4 is 0 Å². The van der Waals surface area contributed by atoms with E-state index < -0.39 is 0 Å². The van der Waals surface area contributed by atoms with Gasteiger partial charge in [0.1, 0.15) is 0 Å². The van der Waals surface area contributed by atoms with E-state index in [0.717, 1.165) is 16.5 Å². The summed E-state index contributed by atoms with van der Waals surface area (Å²) in [5.41, 5.74) is 2.75. The fourth-order valence-electron chi connectivity index (χ4n) is 2.24. The van der Waals surface area contributed by atoms with Crippen LogP contribution in [0, 0.1) is 0 Å². The third-order valence-electron chi connectivity index (χ3n) is 3.34. The molecule has 0 atom stereocenters. The molecular formula is C16H12N6. The summed E-state index contributed by atoms with van der Waals surface area (Å²) >= 11 is 0. The van der Waals surface area contributed by atoms with E-state index in [0.29, 0.717) is 17.3 Å². The topological polar surface area (TPSA) is 82.1 Å². The van der Waals surface area contributed by atoms with Crippen LogP contribution in [-0.2, 0) is 0 Å². The molecule has 4 rings (SSSR count). The molecule has 0 amide bonds. The van der Waals surface area contributed by atoms with Crippen LogP contribution in [0.1, 0.15) is 0 Å². The highest BCUT2D eigenvalue weighted by molar-refractivity contribution is 5.88. The average Bonchev–Trinajstić information content (AvgIpc) is 3.23. The Labute approximate surface area is 126 Å². The fraction of sp³-hybridized carbons (Fsp3) is 0. The number of aromatic nitrogens is 4. The Morgan fingerprint density at radius 3 is 2.64 bits per heavy atom. The number of hydrogen-bond acceptors (Lipinski definition) is 4. The lowest BCUT2D eigenvalue weighted by atomic mass is 10.1. The van der Waals surface area contributed by atoms with Gasteiger partial charge in [0.15, 0.2) is 17.3 Å². The van der Waals surface area contributed by atoms with E-state index >= 15 is 0 Å². The first kappa shape index (κ1) is 12.5. The van der Waals surface area contributed by atoms with Gasteiger partial charge in [0, 0.05) is 18.0 Å². The normalized spacial score (nSPS) is 11.5. The van der Waals surface area contributed by atoms with Crippen LogP contribution in [0.15, 0.2) is 71.2 Å². The van der Waals surface area contributed by atoms with Crippen LogP contribution in [0.25, 0.3) is 22.2 Å². The van der Waals surface area contributed by atoms with Gasteiger partial charge in [0.2, 0.25) is 0 Å². The molecule has 0 radical (unpaired) electrons. The molecule has 0 aliphatic heterocycles. The van der Waals surface area contributed by atoms with Crippen LogP contribution in [0.3, 0.4) is 0 Å². The highest BCUT2D eigenvalue weighted by Gasteiger charge is 2.08. The molecule has 0 aliphatic rings. The molecule has 0 fully saturated rings. The Morgan fingerprint density at radius 2 is 1.82 bits per heavy atom. The number of aromatic amines is 2. The fourth-order valence-corrected chi connectivity index (χ4v) is 2.24. The molecular weight excluding hydrogens is 276 g/mol. The van der Waals surface area contributed by atoms with E-state index in [1.54, 1.807) is 6.20 Å². The number of H-pyrrole nitrogens is 2. The number of fused-ring (bicyclic) bond motifs is 1. The minimum Gasteiger partial charge on any atom is -0.345 e. The Bertz CT molecular complexity index is 922. The molecule has 0 saturated heterocycles. The highest BCUT2D eigenvalue weighted by atomic mass is 15.3. The van der Waals surface area contributed by atoms with Gasteiger partial charge in [-0.25, -0.2) is 4.98 Å². The van der Waals surface area contributed by atoms with Crippen molar-refractivity contribution in [2.75, 3.05) is 0 Å². The first-order valence-corrected chi connectivity index (χ1v) is 6.85. The maximum absolute atomic E-state index is 4.37. The van der Waals surface area contributed by atoms with E-state index in [-0.39, 0.29) is 0 Å². The molecule has 22 heavy (non-hydrogen) atoms. The van der Waals surface area contributed by atoms with E-state index in [1.165, 1.54) is 0 Å². The first-order chi connectivity index (χ1) is 10.9. The molecule has 3 aromatic heterocycles. The van der Waals surface area contributed by atoms with Gasteiger partial charge in [0.05, 0.1) is 5.39 Å². The maximum Gasteiger partial charge on any atom is 0.183 e. The van der Waals surface area contributed by atoms with E-state index in [2.05, 4.69) is 30.4 Å². The van der Waals surface area contributed by atoms with Gasteiger partial charge in [-0.15, -0.1) is 10.2 Å². The Morgan fingerprint density at radius 1 is 0.909 bits per heavy atom. The quantitative estimate of drug-likeness (QED) is 0.549. The summed E-state index contributed by atoms with van der Waals surface area (Å²) in [4.78, 5) is 7.35. The second kappa shape index (κ2) is 5.25. The lowest BCUT2D eigenvalue weighted by Crippen LogP contribution is -1.81. The molecule has 0 aliphatic carbocycles. The summed E-state index contributed by atoms with van der Waals surface area (Å²) < 4.78 is 0. The monoisotopic (exact) mass is 288 g/mol. The van der Waals surface area contributed by atoms with Crippen LogP contribution >= 0.6 is 0 Å². The first-order valence-electron chi connectivity index (χ1n) is 6.85. The van der Waals surface area contributed by atoms with Gasteiger partial charge in [-0.05, 0) is 23.8 Å². The van der Waals surface area contributed by atoms with Crippen molar-refractivity contribution in [2.45, 2.75) is 0 Å². The lowest BCUT2D eigenvalue weighted by Gasteiger charge is -2.00. The van der Waals surface area contributed by atoms with Crippen molar-refractivity contribution in [1.29, 1.82) is 0 Å². The number of hydrogen-bond donors (Lipinski definition) is 2. The van der Waals surface area contributed by atoms with Crippen molar-refractivity contribution in [3.05, 3.63) is 60.9 Å². The highest BCUT2D eigenvalue weighted by Crippen LogP contribution is 2.28. The van der Waals surface area contributed by atoms with Crippen molar-refractivity contribution in [3.63, 3.8) is 0 Å². The van der Waals surface area contributed by atoms with Crippen LogP contribution in [0.4, 0.5) is 11.6 Å². The molecule has 0 spiro atoms. The molecule has 6 heteroatoms. The standard InChI is InChI=1S/C16H12N6/c1-2-5-11(6-3-1)12-9-13-15(18-10-12)20-22-16(13)21-19-14-7-4-8-17-14/h1-10,17H,(H,18,20,22)/b21-19+. The van der Waals surface area contributed by atoms with Crippen molar-refractivity contribution >= 4 is 22.7 Å². The molecule has 0 unspecified atom stereocenters. The van der Waals surface area contributed by atoms with Crippen LogP contribution in [0.2, 0.25) is 0 Å². The van der Waals surface area contributed by atoms with Crippen molar-refractivity contribution < 1.29 is 0 Å². The summed E-state index contributed by atoms with van der Waals surface area (Å²) in [5.74, 6) is 1.28. The molecule has 6 nitrogen and oxygen atoms in total. The van der Waals surface area contributed by atoms with Gasteiger partial charge < -0.3 is 4.98 Å². The smallest absolute Gasteiger partial charge is 0.183 e. The molecule has 3 heterocycles. The third kappa shape index (κ3) is 2.26. The molecule has 0 bridgehead atoms. The number of nitrogens with zero attached hydrogens (tertiary/aromatic N) is 4. The van der Waals surface area contributed by atoms with Gasteiger partial charge in [0.25, 0.3) is 0 Å². The van der Waals surface area contributed by atoms with Gasteiger partial charge in [-0.3, -0.25) is 5.10 Å².